The topological polar surface area (TPSA) is 65.5 Å². The third-order valence-corrected chi connectivity index (χ3v) is 4.45. The largest absolute Gasteiger partial charge is 0.478 e. The zero-order valence-corrected chi connectivity index (χ0v) is 14.4. The molecule has 0 saturated carbocycles. The van der Waals surface area contributed by atoms with Crippen LogP contribution in [0.2, 0.25) is 0 Å². The molecule has 1 saturated heterocycles. The molecule has 1 aromatic carbocycles. The Hall–Kier alpha value is -2.73. The number of nitrogens with one attached hydrogen (secondary N) is 1. The number of hydrogen-bond donors (Lipinski definition) is 2. The number of carboxylic acids is 1. The Morgan fingerprint density at radius 1 is 1.38 bits per heavy atom. The predicted octanol–water partition coefficient (Wildman–Crippen LogP) is 3.05. The van der Waals surface area contributed by atoms with Crippen LogP contribution in [0.15, 0.2) is 48.7 Å². The molecule has 6 heteroatoms. The number of anilines is 1. The quantitative estimate of drug-likeness (QED) is 0.748. The van der Waals surface area contributed by atoms with Gasteiger partial charge in [0.2, 0.25) is 0 Å². The number of halogens is 1. The van der Waals surface area contributed by atoms with Crippen molar-refractivity contribution in [3.8, 4) is 0 Å². The zero-order valence-electron chi connectivity index (χ0n) is 14.4. The Morgan fingerprint density at radius 2 is 2.19 bits per heavy atom. The number of hydrogen-bond acceptors (Lipinski definition) is 4. The Kier molecular flexibility index (Phi) is 5.96. The van der Waals surface area contributed by atoms with Crippen LogP contribution in [0.25, 0.3) is 6.08 Å². The second-order valence-electron chi connectivity index (χ2n) is 6.44. The minimum atomic E-state index is -1.07. The molecule has 0 spiro atoms. The van der Waals surface area contributed by atoms with E-state index in [1.54, 1.807) is 0 Å². The normalized spacial score (nSPS) is 17.7. The molecule has 1 fully saturated rings. The van der Waals surface area contributed by atoms with Gasteiger partial charge >= 0.3 is 5.97 Å². The lowest BCUT2D eigenvalue weighted by Crippen LogP contribution is -2.28. The number of aliphatic carboxylic acids is 1. The standard InChI is InChI=1S/C20H22FN3O2/c21-18-12-16(6-7-19(25)26)13-22-20(18)23-17-9-11-24(14-17)10-8-15-4-2-1-3-5-15/h1-7,12-13,17H,8-11,14H2,(H,22,23)(H,25,26)/t17-/m1/s1. The van der Waals surface area contributed by atoms with Crippen LogP contribution in [0.5, 0.6) is 0 Å². The monoisotopic (exact) mass is 355 g/mol. The summed E-state index contributed by atoms with van der Waals surface area (Å²) in [6.07, 6.45) is 5.70. The molecule has 1 aliphatic rings. The molecular formula is C20H22FN3O2. The van der Waals surface area contributed by atoms with Gasteiger partial charge in [0.05, 0.1) is 0 Å². The summed E-state index contributed by atoms with van der Waals surface area (Å²) in [5.74, 6) is -1.33. The highest BCUT2D eigenvalue weighted by Crippen LogP contribution is 2.18. The molecule has 0 aliphatic carbocycles. The van der Waals surface area contributed by atoms with E-state index in [0.29, 0.717) is 5.56 Å². The van der Waals surface area contributed by atoms with Crippen molar-refractivity contribution >= 4 is 17.9 Å². The summed E-state index contributed by atoms with van der Waals surface area (Å²) in [6.45, 7) is 2.82. The average molecular weight is 355 g/mol. The second kappa shape index (κ2) is 8.58. The van der Waals surface area contributed by atoms with Gasteiger partial charge in [-0.1, -0.05) is 30.3 Å². The Morgan fingerprint density at radius 3 is 2.92 bits per heavy atom. The molecule has 26 heavy (non-hydrogen) atoms. The van der Waals surface area contributed by atoms with Crippen molar-refractivity contribution in [2.45, 2.75) is 18.9 Å². The summed E-state index contributed by atoms with van der Waals surface area (Å²) in [7, 11) is 0. The van der Waals surface area contributed by atoms with Crippen LogP contribution in [0.3, 0.4) is 0 Å². The lowest BCUT2D eigenvalue weighted by atomic mass is 10.1. The minimum Gasteiger partial charge on any atom is -0.478 e. The number of benzene rings is 1. The Balaban J connectivity index is 1.51. The van der Waals surface area contributed by atoms with E-state index in [4.69, 9.17) is 5.11 Å². The van der Waals surface area contributed by atoms with Crippen molar-refractivity contribution in [3.63, 3.8) is 0 Å². The smallest absolute Gasteiger partial charge is 0.328 e. The maximum atomic E-state index is 14.2. The summed E-state index contributed by atoms with van der Waals surface area (Å²) < 4.78 is 14.2. The molecule has 0 bridgehead atoms. The fourth-order valence-corrected chi connectivity index (χ4v) is 3.10. The molecule has 3 rings (SSSR count). The first kappa shape index (κ1) is 18.1. The van der Waals surface area contributed by atoms with Crippen LogP contribution in [0.1, 0.15) is 17.5 Å². The van der Waals surface area contributed by atoms with Gasteiger partial charge in [0.15, 0.2) is 11.6 Å². The molecule has 2 aromatic rings. The third kappa shape index (κ3) is 5.13. The maximum Gasteiger partial charge on any atom is 0.328 e. The first-order chi connectivity index (χ1) is 12.6. The van der Waals surface area contributed by atoms with Gasteiger partial charge in [0.25, 0.3) is 0 Å². The van der Waals surface area contributed by atoms with Crippen molar-refractivity contribution in [2.24, 2.45) is 0 Å². The third-order valence-electron chi connectivity index (χ3n) is 4.45. The number of pyridine rings is 1. The first-order valence-corrected chi connectivity index (χ1v) is 8.69. The highest BCUT2D eigenvalue weighted by molar-refractivity contribution is 5.85. The van der Waals surface area contributed by atoms with E-state index in [1.165, 1.54) is 23.9 Å². The molecule has 0 amide bonds. The van der Waals surface area contributed by atoms with Gasteiger partial charge in [-0.15, -0.1) is 0 Å². The van der Waals surface area contributed by atoms with Crippen LogP contribution in [0.4, 0.5) is 10.2 Å². The SMILES string of the molecule is O=C(O)C=Cc1cnc(N[C@@H]2CCN(CCc3ccccc3)C2)c(F)c1. The summed E-state index contributed by atoms with van der Waals surface area (Å²) in [5, 5.41) is 11.8. The van der Waals surface area contributed by atoms with Crippen molar-refractivity contribution in [3.05, 3.63) is 65.6 Å². The second-order valence-corrected chi connectivity index (χ2v) is 6.44. The number of carboxylic acid groups (broad SMARTS) is 1. The molecule has 1 aliphatic heterocycles. The highest BCUT2D eigenvalue weighted by Gasteiger charge is 2.23. The van der Waals surface area contributed by atoms with E-state index >= 15 is 0 Å². The molecule has 1 atom stereocenters. The van der Waals surface area contributed by atoms with Crippen LogP contribution < -0.4 is 5.32 Å². The van der Waals surface area contributed by atoms with Crippen molar-refractivity contribution in [2.75, 3.05) is 25.0 Å². The molecule has 0 radical (unpaired) electrons. The Bertz CT molecular complexity index is 780. The number of likely N-dealkylation sites (tertiary alicyclic amines) is 1. The number of aromatic nitrogens is 1. The summed E-state index contributed by atoms with van der Waals surface area (Å²) >= 11 is 0. The van der Waals surface area contributed by atoms with E-state index < -0.39 is 11.8 Å². The predicted molar refractivity (Wildman–Crippen MR) is 99.5 cm³/mol. The zero-order chi connectivity index (χ0) is 18.4. The number of nitrogens with zero attached hydrogens (tertiary/aromatic N) is 2. The lowest BCUT2D eigenvalue weighted by molar-refractivity contribution is -0.131. The lowest BCUT2D eigenvalue weighted by Gasteiger charge is -2.17. The minimum absolute atomic E-state index is 0.160. The van der Waals surface area contributed by atoms with Crippen LogP contribution in [-0.4, -0.2) is 46.6 Å². The van der Waals surface area contributed by atoms with E-state index in [1.807, 2.05) is 18.2 Å². The average Bonchev–Trinajstić information content (AvgIpc) is 3.09. The van der Waals surface area contributed by atoms with Crippen molar-refractivity contribution < 1.29 is 14.3 Å². The van der Waals surface area contributed by atoms with E-state index in [-0.39, 0.29) is 11.9 Å². The van der Waals surface area contributed by atoms with Crippen LogP contribution in [0, 0.1) is 5.82 Å². The van der Waals surface area contributed by atoms with Gasteiger partial charge in [-0.2, -0.15) is 0 Å². The van der Waals surface area contributed by atoms with Gasteiger partial charge in [0.1, 0.15) is 0 Å². The molecule has 1 aromatic heterocycles. The van der Waals surface area contributed by atoms with Crippen molar-refractivity contribution in [1.82, 2.24) is 9.88 Å². The first-order valence-electron chi connectivity index (χ1n) is 8.69. The fraction of sp³-hybridized carbons (Fsp3) is 0.300. The van der Waals surface area contributed by atoms with Gasteiger partial charge in [-0.3, -0.25) is 0 Å². The van der Waals surface area contributed by atoms with Crippen LogP contribution >= 0.6 is 0 Å². The molecule has 0 unspecified atom stereocenters. The van der Waals surface area contributed by atoms with E-state index in [0.717, 1.165) is 38.6 Å². The van der Waals surface area contributed by atoms with Gasteiger partial charge < -0.3 is 15.3 Å². The number of rotatable bonds is 7. The molecule has 2 heterocycles. The summed E-state index contributed by atoms with van der Waals surface area (Å²) in [4.78, 5) is 17.0. The Labute approximate surface area is 152 Å². The van der Waals surface area contributed by atoms with Crippen LogP contribution in [-0.2, 0) is 11.2 Å². The molecular weight excluding hydrogens is 333 g/mol. The summed E-state index contributed by atoms with van der Waals surface area (Å²) in [6, 6.07) is 11.8. The maximum absolute atomic E-state index is 14.2. The number of carbonyl (C=O) groups is 1. The molecule has 5 nitrogen and oxygen atoms in total. The molecule has 2 N–H and O–H groups in total. The van der Waals surface area contributed by atoms with Gasteiger partial charge in [0, 0.05) is 37.9 Å². The van der Waals surface area contributed by atoms with E-state index in [9.17, 15) is 9.18 Å². The van der Waals surface area contributed by atoms with E-state index in [2.05, 4.69) is 27.3 Å². The van der Waals surface area contributed by atoms with Crippen molar-refractivity contribution in [1.29, 1.82) is 0 Å². The van der Waals surface area contributed by atoms with Gasteiger partial charge in [-0.25, -0.2) is 14.2 Å². The van der Waals surface area contributed by atoms with Gasteiger partial charge in [-0.05, 0) is 36.1 Å². The fourth-order valence-electron chi connectivity index (χ4n) is 3.10. The summed E-state index contributed by atoms with van der Waals surface area (Å²) in [5.41, 5.74) is 1.74. The molecule has 136 valence electrons. The highest BCUT2D eigenvalue weighted by atomic mass is 19.1.